The van der Waals surface area contributed by atoms with Crippen LogP contribution >= 0.6 is 23.2 Å². The molecule has 0 radical (unpaired) electrons. The molecule has 3 aromatic rings. The van der Waals surface area contributed by atoms with Crippen LogP contribution in [0.3, 0.4) is 0 Å². The predicted molar refractivity (Wildman–Crippen MR) is 161 cm³/mol. The number of rotatable bonds is 10. The van der Waals surface area contributed by atoms with Crippen molar-refractivity contribution in [2.45, 2.75) is 56.0 Å². The molecular weight excluding hydrogens is 597 g/mol. The van der Waals surface area contributed by atoms with Gasteiger partial charge < -0.3 is 10.4 Å². The highest BCUT2D eigenvalue weighted by Crippen LogP contribution is 2.44. The van der Waals surface area contributed by atoms with Gasteiger partial charge in [0.15, 0.2) is 0 Å². The summed E-state index contributed by atoms with van der Waals surface area (Å²) in [5, 5.41) is 22.9. The molecule has 0 aromatic heterocycles. The van der Waals surface area contributed by atoms with Crippen LogP contribution in [0, 0.1) is 22.7 Å². The molecule has 5 unspecified atom stereocenters. The first-order chi connectivity index (χ1) is 19.8. The molecule has 220 valence electrons. The van der Waals surface area contributed by atoms with Crippen molar-refractivity contribution in [3.8, 4) is 6.07 Å². The fraction of sp³-hybridized carbons (Fsp3) is 0.323. The Labute approximate surface area is 255 Å². The van der Waals surface area contributed by atoms with E-state index in [1.54, 1.807) is 37.3 Å². The summed E-state index contributed by atoms with van der Waals surface area (Å²) in [6.07, 6.45) is 0.237. The van der Waals surface area contributed by atoms with E-state index >= 15 is 0 Å². The molecule has 1 aliphatic rings. The number of nitrogens with zero attached hydrogens (tertiary/aromatic N) is 1. The minimum Gasteiger partial charge on any atom is -0.481 e. The molecule has 1 amide bonds. The number of aliphatic carboxylic acids is 1. The number of carboxylic acid groups (broad SMARTS) is 1. The number of nitriles is 1. The lowest BCUT2D eigenvalue weighted by molar-refractivity contribution is -0.147. The molecule has 11 heteroatoms. The number of piperidine rings is 1. The molecule has 0 aliphatic carbocycles. The van der Waals surface area contributed by atoms with E-state index in [0.29, 0.717) is 15.6 Å². The summed E-state index contributed by atoms with van der Waals surface area (Å²) in [5.74, 6) is -1.99. The minimum absolute atomic E-state index is 0.0413. The Balaban J connectivity index is 1.69. The van der Waals surface area contributed by atoms with Gasteiger partial charge in [-0.05, 0) is 72.4 Å². The molecule has 1 aliphatic heterocycles. The standard InChI is InChI=1S/C31H31Cl2N3O5S/c1-19(29-26(22-6-4-7-24(33)15-22)16-31(2,17-28(37)38)30(39)35-29)13-27(21-9-11-23(32)12-10-21)36-42(40,41)25-8-3-5-20(14-25)18-34/h3-12,14-15,19,26-27,29,36H,13,16-17H2,1-2H3,(H,35,39)(H,37,38). The zero-order valence-electron chi connectivity index (χ0n) is 23.1. The molecule has 5 atom stereocenters. The second kappa shape index (κ2) is 12.8. The first-order valence-electron chi connectivity index (χ1n) is 13.4. The second-order valence-corrected chi connectivity index (χ2v) is 13.7. The smallest absolute Gasteiger partial charge is 0.304 e. The Morgan fingerprint density at radius 1 is 1.12 bits per heavy atom. The molecule has 1 saturated heterocycles. The van der Waals surface area contributed by atoms with Crippen molar-refractivity contribution in [2.24, 2.45) is 11.3 Å². The van der Waals surface area contributed by atoms with Crippen molar-refractivity contribution in [2.75, 3.05) is 0 Å². The number of hydrogen-bond acceptors (Lipinski definition) is 5. The average molecular weight is 629 g/mol. The lowest BCUT2D eigenvalue weighted by Gasteiger charge is -2.45. The molecule has 4 rings (SSSR count). The Kier molecular flexibility index (Phi) is 9.63. The van der Waals surface area contributed by atoms with Gasteiger partial charge in [0.2, 0.25) is 15.9 Å². The van der Waals surface area contributed by atoms with Crippen molar-refractivity contribution < 1.29 is 23.1 Å². The van der Waals surface area contributed by atoms with Gasteiger partial charge in [-0.3, -0.25) is 9.59 Å². The van der Waals surface area contributed by atoms with Gasteiger partial charge >= 0.3 is 5.97 Å². The van der Waals surface area contributed by atoms with Crippen molar-refractivity contribution in [1.82, 2.24) is 10.0 Å². The maximum absolute atomic E-state index is 13.5. The van der Waals surface area contributed by atoms with Crippen LogP contribution in [-0.2, 0) is 19.6 Å². The van der Waals surface area contributed by atoms with Crippen molar-refractivity contribution in [1.29, 1.82) is 5.26 Å². The van der Waals surface area contributed by atoms with Gasteiger partial charge in [0, 0.05) is 28.0 Å². The molecule has 1 fully saturated rings. The molecule has 0 saturated carbocycles. The number of sulfonamides is 1. The number of carboxylic acids is 1. The Morgan fingerprint density at radius 2 is 1.81 bits per heavy atom. The fourth-order valence-electron chi connectivity index (χ4n) is 5.67. The van der Waals surface area contributed by atoms with Gasteiger partial charge in [-0.25, -0.2) is 13.1 Å². The summed E-state index contributed by atoms with van der Waals surface area (Å²) in [6.45, 7) is 3.57. The SMILES string of the molecule is CC(CC(NS(=O)(=O)c1cccc(C#N)c1)c1ccc(Cl)cc1)C1NC(=O)C(C)(CC(=O)O)CC1c1cccc(Cl)c1. The van der Waals surface area contributed by atoms with Crippen molar-refractivity contribution >= 4 is 45.1 Å². The van der Waals surface area contributed by atoms with Crippen molar-refractivity contribution in [3.05, 3.63) is 99.5 Å². The lowest BCUT2D eigenvalue weighted by atomic mass is 9.67. The topological polar surface area (TPSA) is 136 Å². The molecule has 3 aromatic carbocycles. The number of hydrogen-bond donors (Lipinski definition) is 3. The van der Waals surface area contributed by atoms with E-state index in [4.69, 9.17) is 23.2 Å². The highest BCUT2D eigenvalue weighted by Gasteiger charge is 2.47. The van der Waals surface area contributed by atoms with Crippen LogP contribution in [0.1, 0.15) is 61.8 Å². The van der Waals surface area contributed by atoms with Gasteiger partial charge in [0.25, 0.3) is 0 Å². The number of halogens is 2. The van der Waals surface area contributed by atoms with Crippen LogP contribution < -0.4 is 10.0 Å². The zero-order valence-corrected chi connectivity index (χ0v) is 25.4. The fourth-order valence-corrected chi connectivity index (χ4v) is 7.28. The third-order valence-electron chi connectivity index (χ3n) is 7.83. The molecule has 0 bridgehead atoms. The van der Waals surface area contributed by atoms with Gasteiger partial charge in [-0.1, -0.05) is 67.4 Å². The number of amides is 1. The van der Waals surface area contributed by atoms with Crippen LogP contribution in [0.4, 0.5) is 0 Å². The van der Waals surface area contributed by atoms with E-state index in [0.717, 1.165) is 5.56 Å². The quantitative estimate of drug-likeness (QED) is 0.250. The van der Waals surface area contributed by atoms with Gasteiger partial charge in [0.1, 0.15) is 0 Å². The lowest BCUT2D eigenvalue weighted by Crippen LogP contribution is -2.56. The van der Waals surface area contributed by atoms with Crippen LogP contribution in [0.15, 0.2) is 77.7 Å². The summed E-state index contributed by atoms with van der Waals surface area (Å²) in [4.78, 5) is 24.9. The van der Waals surface area contributed by atoms with Crippen LogP contribution in [0.2, 0.25) is 10.0 Å². The number of nitrogens with one attached hydrogen (secondary N) is 2. The van der Waals surface area contributed by atoms with Crippen LogP contribution in [0.5, 0.6) is 0 Å². The Hall–Kier alpha value is -3.42. The van der Waals surface area contributed by atoms with Gasteiger partial charge in [-0.15, -0.1) is 0 Å². The first kappa shape index (κ1) is 31.5. The largest absolute Gasteiger partial charge is 0.481 e. The number of carbonyl (C=O) groups excluding carboxylic acids is 1. The molecule has 3 N–H and O–H groups in total. The summed E-state index contributed by atoms with van der Waals surface area (Å²) < 4.78 is 29.8. The highest BCUT2D eigenvalue weighted by atomic mass is 35.5. The Morgan fingerprint density at radius 3 is 2.45 bits per heavy atom. The van der Waals surface area contributed by atoms with Crippen LogP contribution in [0.25, 0.3) is 0 Å². The monoisotopic (exact) mass is 627 g/mol. The zero-order chi connectivity index (χ0) is 30.7. The third kappa shape index (κ3) is 7.31. The predicted octanol–water partition coefficient (Wildman–Crippen LogP) is 6.06. The molecular formula is C31H31Cl2N3O5S. The maximum atomic E-state index is 13.5. The summed E-state index contributed by atoms with van der Waals surface area (Å²) >= 11 is 12.4. The van der Waals surface area contributed by atoms with Gasteiger partial charge in [0.05, 0.1) is 28.4 Å². The summed E-state index contributed by atoms with van der Waals surface area (Å²) in [5.41, 5.74) is 0.599. The summed E-state index contributed by atoms with van der Waals surface area (Å²) in [7, 11) is -4.04. The molecule has 1 heterocycles. The van der Waals surface area contributed by atoms with Crippen molar-refractivity contribution in [3.63, 3.8) is 0 Å². The minimum atomic E-state index is -4.04. The highest BCUT2D eigenvalue weighted by molar-refractivity contribution is 7.89. The van der Waals surface area contributed by atoms with Crippen LogP contribution in [-0.4, -0.2) is 31.4 Å². The van der Waals surface area contributed by atoms with E-state index in [1.165, 1.54) is 24.3 Å². The van der Waals surface area contributed by atoms with E-state index in [1.807, 2.05) is 31.2 Å². The molecule has 42 heavy (non-hydrogen) atoms. The third-order valence-corrected chi connectivity index (χ3v) is 9.79. The number of benzene rings is 3. The average Bonchev–Trinajstić information content (AvgIpc) is 2.94. The summed E-state index contributed by atoms with van der Waals surface area (Å²) in [6, 6.07) is 20.7. The van der Waals surface area contributed by atoms with Gasteiger partial charge in [-0.2, -0.15) is 5.26 Å². The normalized spacial score (nSPS) is 22.0. The van der Waals surface area contributed by atoms with E-state index in [2.05, 4.69) is 10.0 Å². The van der Waals surface area contributed by atoms with E-state index < -0.39 is 33.5 Å². The van der Waals surface area contributed by atoms with E-state index in [9.17, 15) is 28.4 Å². The second-order valence-electron chi connectivity index (χ2n) is 11.1. The molecule has 8 nitrogen and oxygen atoms in total. The molecule has 0 spiro atoms. The van der Waals surface area contributed by atoms with E-state index in [-0.39, 0.29) is 47.5 Å². The maximum Gasteiger partial charge on any atom is 0.304 e. The Bertz CT molecular complexity index is 1620. The number of carbonyl (C=O) groups is 2. The first-order valence-corrected chi connectivity index (χ1v) is 15.6.